The highest BCUT2D eigenvalue weighted by atomic mass is 32.2. The summed E-state index contributed by atoms with van der Waals surface area (Å²) >= 11 is 0. The number of hydrogen-bond acceptors (Lipinski definition) is 4. The number of hydrogen-bond donors (Lipinski definition) is 2. The van der Waals surface area contributed by atoms with Crippen molar-refractivity contribution in [3.05, 3.63) is 36.3 Å². The van der Waals surface area contributed by atoms with Gasteiger partial charge in [-0.2, -0.15) is 8.42 Å². The van der Waals surface area contributed by atoms with E-state index in [1.54, 1.807) is 38.3 Å². The fourth-order valence-electron chi connectivity index (χ4n) is 1.40. The van der Waals surface area contributed by atoms with Crippen molar-refractivity contribution in [3.63, 3.8) is 0 Å². The van der Waals surface area contributed by atoms with E-state index >= 15 is 0 Å². The molecule has 0 bridgehead atoms. The minimum atomic E-state index is -3.62. The first kappa shape index (κ1) is 12.4. The highest BCUT2D eigenvalue weighted by molar-refractivity contribution is 7.92. The van der Waals surface area contributed by atoms with Gasteiger partial charge in [0, 0.05) is 5.69 Å². The normalized spacial score (nSPS) is 11.2. The highest BCUT2D eigenvalue weighted by Crippen LogP contribution is 2.18. The van der Waals surface area contributed by atoms with Gasteiger partial charge in [-0.1, -0.05) is 0 Å². The van der Waals surface area contributed by atoms with E-state index in [0.29, 0.717) is 17.3 Å². The lowest BCUT2D eigenvalue weighted by Crippen LogP contribution is -2.13. The summed E-state index contributed by atoms with van der Waals surface area (Å²) in [4.78, 5) is 6.53. The van der Waals surface area contributed by atoms with Gasteiger partial charge in [0.1, 0.15) is 11.6 Å². The van der Waals surface area contributed by atoms with E-state index in [9.17, 15) is 8.42 Å². The molecule has 0 saturated heterocycles. The smallest absolute Gasteiger partial charge is 0.278 e. The van der Waals surface area contributed by atoms with Crippen LogP contribution in [0.1, 0.15) is 5.82 Å². The Labute approximate surface area is 105 Å². The number of nitrogens with one attached hydrogen (secondary N) is 2. The predicted octanol–water partition coefficient (Wildman–Crippen LogP) is 1.53. The molecule has 0 radical (unpaired) electrons. The van der Waals surface area contributed by atoms with E-state index in [2.05, 4.69) is 14.7 Å². The van der Waals surface area contributed by atoms with Crippen LogP contribution in [0.15, 0.2) is 35.5 Å². The maximum atomic E-state index is 12.0. The molecule has 6 nitrogen and oxygen atoms in total. The number of benzene rings is 1. The number of nitrogens with zero attached hydrogens (tertiary/aromatic N) is 1. The van der Waals surface area contributed by atoms with Crippen molar-refractivity contribution in [1.29, 1.82) is 0 Å². The van der Waals surface area contributed by atoms with Gasteiger partial charge >= 0.3 is 0 Å². The van der Waals surface area contributed by atoms with Crippen LogP contribution in [0, 0.1) is 6.92 Å². The summed E-state index contributed by atoms with van der Waals surface area (Å²) in [5.41, 5.74) is 0.461. The van der Waals surface area contributed by atoms with Crippen molar-refractivity contribution in [3.8, 4) is 5.75 Å². The van der Waals surface area contributed by atoms with Gasteiger partial charge in [-0.05, 0) is 31.2 Å². The molecule has 0 fully saturated rings. The molecule has 0 aliphatic heterocycles. The van der Waals surface area contributed by atoms with Gasteiger partial charge in [-0.3, -0.25) is 4.72 Å². The fourth-order valence-corrected chi connectivity index (χ4v) is 2.43. The summed E-state index contributed by atoms with van der Waals surface area (Å²) in [5.74, 6) is 1.21. The van der Waals surface area contributed by atoms with Gasteiger partial charge in [0.25, 0.3) is 10.0 Å². The van der Waals surface area contributed by atoms with Crippen LogP contribution in [-0.4, -0.2) is 25.5 Å². The van der Waals surface area contributed by atoms with Crippen molar-refractivity contribution in [1.82, 2.24) is 9.97 Å². The lowest BCUT2D eigenvalue weighted by Gasteiger charge is -2.06. The summed E-state index contributed by atoms with van der Waals surface area (Å²) in [6.07, 6.45) is 1.28. The van der Waals surface area contributed by atoms with Gasteiger partial charge < -0.3 is 9.72 Å². The molecule has 1 aromatic heterocycles. The highest BCUT2D eigenvalue weighted by Gasteiger charge is 2.16. The Hall–Kier alpha value is -2.02. The van der Waals surface area contributed by atoms with Crippen LogP contribution in [0.3, 0.4) is 0 Å². The number of methoxy groups -OCH3 is 1. The molecule has 2 N–H and O–H groups in total. The number of rotatable bonds is 4. The van der Waals surface area contributed by atoms with Crippen LogP contribution >= 0.6 is 0 Å². The zero-order valence-corrected chi connectivity index (χ0v) is 10.8. The second kappa shape index (κ2) is 4.69. The Balaban J connectivity index is 2.22. The van der Waals surface area contributed by atoms with E-state index in [-0.39, 0.29) is 5.03 Å². The minimum absolute atomic E-state index is 0.0378. The summed E-state index contributed by atoms with van der Waals surface area (Å²) in [7, 11) is -2.07. The van der Waals surface area contributed by atoms with Crippen LogP contribution < -0.4 is 9.46 Å². The van der Waals surface area contributed by atoms with Gasteiger partial charge in [0.05, 0.1) is 13.3 Å². The standard InChI is InChI=1S/C11H13N3O3S/c1-8-12-7-11(13-8)18(15,16)14-9-3-5-10(17-2)6-4-9/h3-7,14H,1-2H3,(H,12,13). The van der Waals surface area contributed by atoms with Gasteiger partial charge in [-0.25, -0.2) is 4.98 Å². The summed E-state index contributed by atoms with van der Waals surface area (Å²) in [5, 5.41) is 0.0378. The fraction of sp³-hybridized carbons (Fsp3) is 0.182. The number of ether oxygens (including phenoxy) is 1. The molecule has 18 heavy (non-hydrogen) atoms. The molecule has 0 aliphatic carbocycles. The van der Waals surface area contributed by atoms with Crippen molar-refractivity contribution >= 4 is 15.7 Å². The van der Waals surface area contributed by atoms with Gasteiger partial charge in [-0.15, -0.1) is 0 Å². The van der Waals surface area contributed by atoms with Gasteiger partial charge in [0.2, 0.25) is 0 Å². The van der Waals surface area contributed by atoms with Crippen LogP contribution in [0.4, 0.5) is 5.69 Å². The van der Waals surface area contributed by atoms with Crippen molar-refractivity contribution in [2.75, 3.05) is 11.8 Å². The van der Waals surface area contributed by atoms with Crippen LogP contribution in [0.5, 0.6) is 5.75 Å². The minimum Gasteiger partial charge on any atom is -0.497 e. The van der Waals surface area contributed by atoms with E-state index in [0.717, 1.165) is 0 Å². The van der Waals surface area contributed by atoms with Crippen molar-refractivity contribution in [2.24, 2.45) is 0 Å². The van der Waals surface area contributed by atoms with E-state index in [1.165, 1.54) is 6.20 Å². The number of aryl methyl sites for hydroxylation is 1. The number of imidazole rings is 1. The second-order valence-electron chi connectivity index (χ2n) is 3.67. The first-order valence-electron chi connectivity index (χ1n) is 5.20. The monoisotopic (exact) mass is 267 g/mol. The molecular weight excluding hydrogens is 254 g/mol. The Morgan fingerprint density at radius 2 is 1.94 bits per heavy atom. The zero-order chi connectivity index (χ0) is 13.2. The third-order valence-corrected chi connectivity index (χ3v) is 3.60. The summed E-state index contributed by atoms with van der Waals surface area (Å²) in [6.45, 7) is 1.69. The number of anilines is 1. The predicted molar refractivity (Wildman–Crippen MR) is 67.1 cm³/mol. The third-order valence-electron chi connectivity index (χ3n) is 2.31. The van der Waals surface area contributed by atoms with E-state index < -0.39 is 10.0 Å². The maximum absolute atomic E-state index is 12.0. The molecule has 0 atom stereocenters. The number of aromatic nitrogens is 2. The second-order valence-corrected chi connectivity index (χ2v) is 5.32. The molecule has 0 amide bonds. The molecule has 0 aliphatic rings. The van der Waals surface area contributed by atoms with Crippen molar-refractivity contribution < 1.29 is 13.2 Å². The molecule has 0 spiro atoms. The number of aromatic amines is 1. The van der Waals surface area contributed by atoms with Crippen molar-refractivity contribution in [2.45, 2.75) is 11.9 Å². The topological polar surface area (TPSA) is 84.1 Å². The summed E-state index contributed by atoms with van der Waals surface area (Å²) < 4.78 is 31.4. The first-order chi connectivity index (χ1) is 8.51. The molecule has 0 saturated carbocycles. The van der Waals surface area contributed by atoms with E-state index in [1.807, 2.05) is 0 Å². The molecule has 0 unspecified atom stereocenters. The average molecular weight is 267 g/mol. The Kier molecular flexibility index (Phi) is 3.24. The molecular formula is C11H13N3O3S. The quantitative estimate of drug-likeness (QED) is 0.879. The maximum Gasteiger partial charge on any atom is 0.278 e. The number of sulfonamides is 1. The lowest BCUT2D eigenvalue weighted by atomic mass is 10.3. The van der Waals surface area contributed by atoms with Crippen LogP contribution in [-0.2, 0) is 10.0 Å². The number of H-pyrrole nitrogens is 1. The summed E-state index contributed by atoms with van der Waals surface area (Å²) in [6, 6.07) is 6.60. The molecule has 96 valence electrons. The SMILES string of the molecule is COc1ccc(NS(=O)(=O)c2cnc(C)[nH]2)cc1. The largest absolute Gasteiger partial charge is 0.497 e. The Morgan fingerprint density at radius 1 is 1.28 bits per heavy atom. The molecule has 2 rings (SSSR count). The van der Waals surface area contributed by atoms with Gasteiger partial charge in [0.15, 0.2) is 5.03 Å². The van der Waals surface area contributed by atoms with E-state index in [4.69, 9.17) is 4.74 Å². The Morgan fingerprint density at radius 3 is 2.44 bits per heavy atom. The molecule has 2 aromatic rings. The lowest BCUT2D eigenvalue weighted by molar-refractivity contribution is 0.415. The average Bonchev–Trinajstić information content (AvgIpc) is 2.77. The molecule has 7 heteroatoms. The first-order valence-corrected chi connectivity index (χ1v) is 6.68. The Bertz CT molecular complexity index is 632. The molecule has 1 aromatic carbocycles. The van der Waals surface area contributed by atoms with Crippen LogP contribution in [0.25, 0.3) is 0 Å². The zero-order valence-electron chi connectivity index (χ0n) is 9.97. The molecule has 1 heterocycles. The van der Waals surface area contributed by atoms with Crippen LogP contribution in [0.2, 0.25) is 0 Å². The third kappa shape index (κ3) is 2.62.